The first-order valence-corrected chi connectivity index (χ1v) is 8.48. The van der Waals surface area contributed by atoms with Gasteiger partial charge in [-0.1, -0.05) is 13.3 Å². The van der Waals surface area contributed by atoms with E-state index in [1.165, 1.54) is 0 Å². The highest BCUT2D eigenvalue weighted by molar-refractivity contribution is 7.91. The quantitative estimate of drug-likeness (QED) is 0.657. The molecule has 1 aliphatic heterocycles. The number of hydrogen-bond acceptors (Lipinski definition) is 4. The molecule has 0 aliphatic carbocycles. The monoisotopic (exact) mass is 276 g/mol. The van der Waals surface area contributed by atoms with Crippen LogP contribution in [-0.4, -0.2) is 45.0 Å². The summed E-state index contributed by atoms with van der Waals surface area (Å²) in [6.07, 6.45) is 2.75. The average Bonchev–Trinajstić information content (AvgIpc) is 2.66. The summed E-state index contributed by atoms with van der Waals surface area (Å²) in [7, 11) is -2.82. The minimum atomic E-state index is -2.82. The van der Waals surface area contributed by atoms with Crippen LogP contribution in [0.25, 0.3) is 0 Å². The van der Waals surface area contributed by atoms with Crippen molar-refractivity contribution in [2.45, 2.75) is 39.2 Å². The first-order valence-electron chi connectivity index (χ1n) is 6.66. The highest BCUT2D eigenvalue weighted by Crippen LogP contribution is 2.17. The van der Waals surface area contributed by atoms with E-state index >= 15 is 0 Å². The fourth-order valence-electron chi connectivity index (χ4n) is 2.01. The Bertz CT molecular complexity index is 368. The molecule has 6 heteroatoms. The zero-order chi connectivity index (χ0) is 13.6. The lowest BCUT2D eigenvalue weighted by atomic mass is 10.1. The Morgan fingerprint density at radius 1 is 1.44 bits per heavy atom. The van der Waals surface area contributed by atoms with E-state index in [0.29, 0.717) is 19.5 Å². The molecule has 2 atom stereocenters. The Hall–Kier alpha value is -0.620. The maximum Gasteiger partial charge on any atom is 0.236 e. The van der Waals surface area contributed by atoms with Crippen molar-refractivity contribution in [1.82, 2.24) is 10.6 Å². The van der Waals surface area contributed by atoms with E-state index in [0.717, 1.165) is 12.8 Å². The van der Waals surface area contributed by atoms with Gasteiger partial charge in [0, 0.05) is 6.54 Å². The van der Waals surface area contributed by atoms with Crippen LogP contribution in [0, 0.1) is 5.92 Å². The van der Waals surface area contributed by atoms with Gasteiger partial charge in [0.25, 0.3) is 0 Å². The van der Waals surface area contributed by atoms with Gasteiger partial charge >= 0.3 is 0 Å². The Kier molecular flexibility index (Phi) is 6.08. The van der Waals surface area contributed by atoms with E-state index in [2.05, 4.69) is 17.6 Å². The zero-order valence-electron chi connectivity index (χ0n) is 11.2. The van der Waals surface area contributed by atoms with Gasteiger partial charge in [0.05, 0.1) is 17.5 Å². The molecule has 18 heavy (non-hydrogen) atoms. The summed E-state index contributed by atoms with van der Waals surface area (Å²) < 4.78 is 22.6. The molecule has 0 aromatic carbocycles. The second-order valence-electron chi connectivity index (χ2n) is 5.04. The molecule has 0 aromatic heterocycles. The molecular weight excluding hydrogens is 252 g/mol. The Morgan fingerprint density at radius 3 is 2.72 bits per heavy atom. The van der Waals surface area contributed by atoms with Crippen LogP contribution >= 0.6 is 0 Å². The third kappa shape index (κ3) is 5.35. The molecule has 0 radical (unpaired) electrons. The highest BCUT2D eigenvalue weighted by atomic mass is 32.2. The highest BCUT2D eigenvalue weighted by Gasteiger charge is 2.28. The van der Waals surface area contributed by atoms with Crippen molar-refractivity contribution < 1.29 is 13.2 Å². The Balaban J connectivity index is 2.20. The van der Waals surface area contributed by atoms with E-state index in [1.54, 1.807) is 0 Å². The van der Waals surface area contributed by atoms with E-state index in [1.807, 2.05) is 6.92 Å². The van der Waals surface area contributed by atoms with Gasteiger partial charge in [-0.25, -0.2) is 8.42 Å². The van der Waals surface area contributed by atoms with E-state index in [9.17, 15) is 13.2 Å². The van der Waals surface area contributed by atoms with Gasteiger partial charge in [-0.2, -0.15) is 0 Å². The summed E-state index contributed by atoms with van der Waals surface area (Å²) in [5, 5.41) is 5.97. The predicted octanol–water partition coefficient (Wildman–Crippen LogP) is 0.316. The number of sulfone groups is 1. The van der Waals surface area contributed by atoms with Gasteiger partial charge in [0.15, 0.2) is 9.84 Å². The summed E-state index contributed by atoms with van der Waals surface area (Å²) in [6.45, 7) is 5.19. The van der Waals surface area contributed by atoms with Gasteiger partial charge < -0.3 is 10.6 Å². The molecule has 2 N–H and O–H groups in total. The van der Waals surface area contributed by atoms with Crippen molar-refractivity contribution in [2.24, 2.45) is 5.92 Å². The van der Waals surface area contributed by atoms with Gasteiger partial charge in [0.2, 0.25) is 5.91 Å². The van der Waals surface area contributed by atoms with Crippen molar-refractivity contribution in [3.05, 3.63) is 0 Å². The number of rotatable bonds is 7. The second-order valence-corrected chi connectivity index (χ2v) is 7.27. The smallest absolute Gasteiger partial charge is 0.236 e. The third-order valence-electron chi connectivity index (χ3n) is 3.26. The molecule has 0 bridgehead atoms. The topological polar surface area (TPSA) is 75.3 Å². The molecule has 2 unspecified atom stereocenters. The van der Waals surface area contributed by atoms with Gasteiger partial charge in [-0.3, -0.25) is 4.79 Å². The van der Waals surface area contributed by atoms with E-state index < -0.39 is 9.84 Å². The van der Waals surface area contributed by atoms with Crippen LogP contribution in [0.1, 0.15) is 33.1 Å². The molecule has 1 amide bonds. The van der Waals surface area contributed by atoms with Gasteiger partial charge in [-0.05, 0) is 32.2 Å². The largest absolute Gasteiger partial charge is 0.355 e. The van der Waals surface area contributed by atoms with Gasteiger partial charge in [0.1, 0.15) is 0 Å². The molecule has 106 valence electrons. The summed E-state index contributed by atoms with van der Waals surface area (Å²) in [5.74, 6) is 0.686. The summed E-state index contributed by atoms with van der Waals surface area (Å²) in [5.41, 5.74) is 0. The number of nitrogens with one attached hydrogen (secondary N) is 2. The van der Waals surface area contributed by atoms with Crippen LogP contribution in [0.15, 0.2) is 0 Å². The van der Waals surface area contributed by atoms with Crippen LogP contribution in [0.2, 0.25) is 0 Å². The molecular formula is C12H24N2O3S. The maximum atomic E-state index is 11.7. The molecule has 1 rings (SSSR count). The van der Waals surface area contributed by atoms with Crippen LogP contribution in [0.5, 0.6) is 0 Å². The van der Waals surface area contributed by atoms with Crippen LogP contribution in [-0.2, 0) is 14.6 Å². The summed E-state index contributed by atoms with van der Waals surface area (Å²) in [4.78, 5) is 11.7. The van der Waals surface area contributed by atoms with Crippen LogP contribution in [0.3, 0.4) is 0 Å². The minimum absolute atomic E-state index is 0.00990. The fraction of sp³-hybridized carbons (Fsp3) is 0.917. The molecule has 0 spiro atoms. The van der Waals surface area contributed by atoms with Crippen molar-refractivity contribution in [2.75, 3.05) is 24.6 Å². The molecule has 1 saturated heterocycles. The van der Waals surface area contributed by atoms with Crippen molar-refractivity contribution in [1.29, 1.82) is 0 Å². The predicted molar refractivity (Wildman–Crippen MR) is 72.1 cm³/mol. The summed E-state index contributed by atoms with van der Waals surface area (Å²) in [6, 6.07) is -0.259. The molecule has 1 aliphatic rings. The number of hydrogen-bond donors (Lipinski definition) is 2. The molecule has 0 saturated carbocycles. The number of unbranched alkanes of at least 4 members (excludes halogenated alkanes) is 1. The first-order chi connectivity index (χ1) is 8.44. The normalized spacial score (nSPS) is 23.8. The molecule has 1 fully saturated rings. The molecule has 1 heterocycles. The van der Waals surface area contributed by atoms with E-state index in [-0.39, 0.29) is 29.4 Å². The molecule has 0 aromatic rings. The lowest BCUT2D eigenvalue weighted by Gasteiger charge is -2.16. The SMILES string of the molecule is CCCCNC(=O)C(C)NCC1CCS(=O)(=O)C1. The summed E-state index contributed by atoms with van der Waals surface area (Å²) >= 11 is 0. The van der Waals surface area contributed by atoms with E-state index in [4.69, 9.17) is 0 Å². The number of carbonyl (C=O) groups is 1. The Morgan fingerprint density at radius 2 is 2.17 bits per heavy atom. The zero-order valence-corrected chi connectivity index (χ0v) is 12.1. The fourth-order valence-corrected chi connectivity index (χ4v) is 3.87. The maximum absolute atomic E-state index is 11.7. The van der Waals surface area contributed by atoms with Crippen LogP contribution < -0.4 is 10.6 Å². The lowest BCUT2D eigenvalue weighted by Crippen LogP contribution is -2.44. The first kappa shape index (κ1) is 15.4. The third-order valence-corrected chi connectivity index (χ3v) is 5.10. The molecule has 5 nitrogen and oxygen atoms in total. The van der Waals surface area contributed by atoms with Gasteiger partial charge in [-0.15, -0.1) is 0 Å². The van der Waals surface area contributed by atoms with Crippen LogP contribution in [0.4, 0.5) is 0 Å². The van der Waals surface area contributed by atoms with Crippen molar-refractivity contribution in [3.63, 3.8) is 0 Å². The minimum Gasteiger partial charge on any atom is -0.355 e. The Labute approximate surface area is 110 Å². The number of amides is 1. The average molecular weight is 276 g/mol. The standard InChI is InChI=1S/C12H24N2O3S/c1-3-4-6-13-12(15)10(2)14-8-11-5-7-18(16,17)9-11/h10-11,14H,3-9H2,1-2H3,(H,13,15). The second kappa shape index (κ2) is 7.09. The lowest BCUT2D eigenvalue weighted by molar-refractivity contribution is -0.122. The van der Waals surface area contributed by atoms with Crippen molar-refractivity contribution >= 4 is 15.7 Å². The number of carbonyl (C=O) groups excluding carboxylic acids is 1. The van der Waals surface area contributed by atoms with Crippen molar-refractivity contribution in [3.8, 4) is 0 Å².